The average Bonchev–Trinajstić information content (AvgIpc) is 2.90. The van der Waals surface area contributed by atoms with Gasteiger partial charge in [0, 0.05) is 9.75 Å². The fourth-order valence-corrected chi connectivity index (χ4v) is 2.61. The number of hydrogen-bond donors (Lipinski definition) is 2. The van der Waals surface area contributed by atoms with Gasteiger partial charge in [-0.15, -0.1) is 11.3 Å². The Hall–Kier alpha value is -2.91. The van der Waals surface area contributed by atoms with Crippen LogP contribution in [0.3, 0.4) is 0 Å². The largest absolute Gasteiger partial charge is 0.478 e. The maximum atomic E-state index is 12.1. The molecule has 0 aliphatic heterocycles. The number of aromatic carboxylic acids is 1. The van der Waals surface area contributed by atoms with Gasteiger partial charge in [0.05, 0.1) is 11.3 Å². The number of carbonyl (C=O) groups excluding carboxylic acids is 1. The molecule has 0 unspecified atom stereocenters. The van der Waals surface area contributed by atoms with Gasteiger partial charge >= 0.3 is 5.97 Å². The fraction of sp³-hybridized carbons (Fsp3) is 0.0625. The molecule has 110 valence electrons. The van der Waals surface area contributed by atoms with E-state index in [-0.39, 0.29) is 16.8 Å². The molecule has 0 atom stereocenters. The lowest BCUT2D eigenvalue weighted by atomic mass is 10.1. The minimum Gasteiger partial charge on any atom is -0.478 e. The van der Waals surface area contributed by atoms with E-state index in [9.17, 15) is 9.59 Å². The summed E-state index contributed by atoms with van der Waals surface area (Å²) in [5.41, 5.74) is 0.0469. The first-order valence-electron chi connectivity index (χ1n) is 6.33. The molecule has 5 nitrogen and oxygen atoms in total. The van der Waals surface area contributed by atoms with Crippen molar-refractivity contribution >= 4 is 35.0 Å². The van der Waals surface area contributed by atoms with Gasteiger partial charge in [0.2, 0.25) is 0 Å². The summed E-state index contributed by atoms with van der Waals surface area (Å²) in [6.07, 6.45) is 1.48. The minimum absolute atomic E-state index is 0.0277. The van der Waals surface area contributed by atoms with Crippen molar-refractivity contribution in [3.8, 4) is 6.07 Å². The Balaban J connectivity index is 2.26. The topological polar surface area (TPSA) is 90.2 Å². The molecule has 2 N–H and O–H groups in total. The Bertz CT molecular complexity index is 800. The van der Waals surface area contributed by atoms with E-state index in [2.05, 4.69) is 5.32 Å². The molecule has 2 aromatic rings. The molecule has 0 radical (unpaired) electrons. The molecule has 0 bridgehead atoms. The van der Waals surface area contributed by atoms with Crippen molar-refractivity contribution in [3.63, 3.8) is 0 Å². The van der Waals surface area contributed by atoms with Crippen LogP contribution >= 0.6 is 11.3 Å². The van der Waals surface area contributed by atoms with Crippen LogP contribution in [0.1, 0.15) is 20.1 Å². The Labute approximate surface area is 131 Å². The van der Waals surface area contributed by atoms with Crippen LogP contribution in [-0.4, -0.2) is 17.0 Å². The first-order chi connectivity index (χ1) is 10.5. The Morgan fingerprint density at radius 2 is 2.00 bits per heavy atom. The molecule has 22 heavy (non-hydrogen) atoms. The van der Waals surface area contributed by atoms with Crippen molar-refractivity contribution in [1.82, 2.24) is 0 Å². The number of nitrogens with one attached hydrogen (secondary N) is 1. The molecule has 1 heterocycles. The molecule has 2 rings (SSSR count). The van der Waals surface area contributed by atoms with Crippen molar-refractivity contribution in [1.29, 1.82) is 5.26 Å². The maximum Gasteiger partial charge on any atom is 0.337 e. The summed E-state index contributed by atoms with van der Waals surface area (Å²) in [6, 6.07) is 11.6. The number of carboxylic acid groups (broad SMARTS) is 1. The highest BCUT2D eigenvalue weighted by Gasteiger charge is 2.14. The van der Waals surface area contributed by atoms with E-state index in [4.69, 9.17) is 10.4 Å². The Morgan fingerprint density at radius 3 is 2.59 bits per heavy atom. The lowest BCUT2D eigenvalue weighted by molar-refractivity contribution is -0.112. The summed E-state index contributed by atoms with van der Waals surface area (Å²) in [5.74, 6) is -1.78. The van der Waals surface area contributed by atoms with Crippen LogP contribution in [0.25, 0.3) is 6.08 Å². The molecular formula is C16H12N2O3S. The smallest absolute Gasteiger partial charge is 0.337 e. The van der Waals surface area contributed by atoms with E-state index in [0.717, 1.165) is 9.75 Å². The predicted octanol–water partition coefficient (Wildman–Crippen LogP) is 3.30. The predicted molar refractivity (Wildman–Crippen MR) is 84.7 cm³/mol. The number of benzene rings is 1. The second-order valence-corrected chi connectivity index (χ2v) is 5.74. The van der Waals surface area contributed by atoms with Gasteiger partial charge in [-0.1, -0.05) is 12.1 Å². The zero-order chi connectivity index (χ0) is 16.1. The molecule has 1 aromatic carbocycles. The number of para-hydroxylation sites is 1. The third-order valence-electron chi connectivity index (χ3n) is 2.82. The summed E-state index contributed by atoms with van der Waals surface area (Å²) < 4.78 is 0. The first kappa shape index (κ1) is 15.5. The van der Waals surface area contributed by atoms with Gasteiger partial charge in [0.1, 0.15) is 11.6 Å². The maximum absolute atomic E-state index is 12.1. The number of thiophene rings is 1. The highest BCUT2D eigenvalue weighted by Crippen LogP contribution is 2.20. The minimum atomic E-state index is -1.15. The molecule has 0 spiro atoms. The van der Waals surface area contributed by atoms with Gasteiger partial charge in [-0.3, -0.25) is 4.79 Å². The van der Waals surface area contributed by atoms with Crippen LogP contribution in [0.4, 0.5) is 5.69 Å². The number of amides is 1. The summed E-state index contributed by atoms with van der Waals surface area (Å²) in [5, 5.41) is 20.7. The summed E-state index contributed by atoms with van der Waals surface area (Å²) in [4.78, 5) is 25.1. The Kier molecular flexibility index (Phi) is 4.71. The molecule has 0 saturated heterocycles. The van der Waals surface area contributed by atoms with E-state index in [1.165, 1.54) is 29.5 Å². The van der Waals surface area contributed by atoms with E-state index in [1.54, 1.807) is 12.1 Å². The van der Waals surface area contributed by atoms with Crippen LogP contribution in [0.2, 0.25) is 0 Å². The third kappa shape index (κ3) is 3.59. The standard InChI is InChI=1S/C16H12N2O3S/c1-10-6-7-12(22-10)8-11(9-17)15(19)18-14-5-3-2-4-13(14)16(20)21/h2-8H,1H3,(H,18,19)(H,20,21)/b11-8-. The first-order valence-corrected chi connectivity index (χ1v) is 7.15. The molecular weight excluding hydrogens is 300 g/mol. The number of hydrogen-bond acceptors (Lipinski definition) is 4. The van der Waals surface area contributed by atoms with Gasteiger partial charge in [-0.05, 0) is 37.3 Å². The molecule has 1 amide bonds. The van der Waals surface area contributed by atoms with Gasteiger partial charge in [0.15, 0.2) is 0 Å². The highest BCUT2D eigenvalue weighted by atomic mass is 32.1. The fourth-order valence-electron chi connectivity index (χ4n) is 1.79. The summed E-state index contributed by atoms with van der Waals surface area (Å²) in [6.45, 7) is 1.93. The highest BCUT2D eigenvalue weighted by molar-refractivity contribution is 7.12. The molecule has 0 aliphatic carbocycles. The summed E-state index contributed by atoms with van der Waals surface area (Å²) in [7, 11) is 0. The van der Waals surface area contributed by atoms with E-state index < -0.39 is 11.9 Å². The quantitative estimate of drug-likeness (QED) is 0.669. The second kappa shape index (κ2) is 6.70. The number of anilines is 1. The summed E-state index contributed by atoms with van der Waals surface area (Å²) >= 11 is 1.46. The molecule has 0 aliphatic rings. The molecule has 6 heteroatoms. The third-order valence-corrected chi connectivity index (χ3v) is 3.77. The zero-order valence-corrected chi connectivity index (χ0v) is 12.5. The van der Waals surface area contributed by atoms with Gasteiger partial charge in [-0.25, -0.2) is 4.79 Å². The number of nitrogens with zero attached hydrogens (tertiary/aromatic N) is 1. The van der Waals surface area contributed by atoms with Gasteiger partial charge in [0.25, 0.3) is 5.91 Å². The molecule has 0 fully saturated rings. The van der Waals surface area contributed by atoms with Crippen LogP contribution in [0, 0.1) is 18.3 Å². The van der Waals surface area contributed by atoms with Gasteiger partial charge in [-0.2, -0.15) is 5.26 Å². The number of carbonyl (C=O) groups is 2. The van der Waals surface area contributed by atoms with E-state index in [1.807, 2.05) is 25.1 Å². The SMILES string of the molecule is Cc1ccc(/C=C(/C#N)C(=O)Nc2ccccc2C(=O)O)s1. The second-order valence-electron chi connectivity index (χ2n) is 4.42. The zero-order valence-electron chi connectivity index (χ0n) is 11.7. The number of rotatable bonds is 4. The van der Waals surface area contributed by atoms with E-state index >= 15 is 0 Å². The lowest BCUT2D eigenvalue weighted by Gasteiger charge is -2.07. The van der Waals surface area contributed by atoms with Crippen molar-refractivity contribution in [2.75, 3.05) is 5.32 Å². The van der Waals surface area contributed by atoms with Crippen LogP contribution in [0.15, 0.2) is 42.0 Å². The lowest BCUT2D eigenvalue weighted by Crippen LogP contribution is -2.15. The van der Waals surface area contributed by atoms with E-state index in [0.29, 0.717) is 0 Å². The van der Waals surface area contributed by atoms with Crippen LogP contribution in [0.5, 0.6) is 0 Å². The van der Waals surface area contributed by atoms with Gasteiger partial charge < -0.3 is 10.4 Å². The van der Waals surface area contributed by atoms with Crippen LogP contribution in [-0.2, 0) is 4.79 Å². The number of aryl methyl sites for hydroxylation is 1. The van der Waals surface area contributed by atoms with Crippen molar-refractivity contribution < 1.29 is 14.7 Å². The van der Waals surface area contributed by atoms with Crippen molar-refractivity contribution in [2.24, 2.45) is 0 Å². The molecule has 0 saturated carbocycles. The average molecular weight is 312 g/mol. The number of carboxylic acids is 1. The normalized spacial score (nSPS) is 10.8. The van der Waals surface area contributed by atoms with Crippen molar-refractivity contribution in [2.45, 2.75) is 6.92 Å². The Morgan fingerprint density at radius 1 is 1.27 bits per heavy atom. The van der Waals surface area contributed by atoms with Crippen molar-refractivity contribution in [3.05, 3.63) is 57.3 Å². The monoisotopic (exact) mass is 312 g/mol. The number of nitriles is 1. The van der Waals surface area contributed by atoms with Crippen LogP contribution < -0.4 is 5.32 Å². The molecule has 1 aromatic heterocycles.